The highest BCUT2D eigenvalue weighted by Gasteiger charge is 2.48. The molecule has 108 valence electrons. The van der Waals surface area contributed by atoms with Gasteiger partial charge in [0.05, 0.1) is 6.61 Å². The minimum absolute atomic E-state index is 0.0896. The summed E-state index contributed by atoms with van der Waals surface area (Å²) in [6.07, 6.45) is 2.05. The Morgan fingerprint density at radius 2 is 2.00 bits per heavy atom. The van der Waals surface area contributed by atoms with Crippen molar-refractivity contribution in [1.29, 1.82) is 0 Å². The number of rotatable bonds is 7. The summed E-state index contributed by atoms with van der Waals surface area (Å²) in [6, 6.07) is 6.19. The fourth-order valence-corrected chi connectivity index (χ4v) is 2.12. The highest BCUT2D eigenvalue weighted by Crippen LogP contribution is 2.32. The number of aliphatic carboxylic acids is 1. The lowest BCUT2D eigenvalue weighted by atomic mass is 9.76. The molecule has 0 spiro atoms. The van der Waals surface area contributed by atoms with Crippen LogP contribution in [0.4, 0.5) is 0 Å². The van der Waals surface area contributed by atoms with E-state index in [1.807, 2.05) is 0 Å². The third-order valence-electron chi connectivity index (χ3n) is 3.05. The van der Waals surface area contributed by atoms with Gasteiger partial charge in [0.25, 0.3) is 0 Å². The molecule has 1 aromatic rings. The molecule has 0 radical (unpaired) electrons. The first kappa shape index (κ1) is 16.2. The van der Waals surface area contributed by atoms with Crippen molar-refractivity contribution < 1.29 is 19.4 Å². The van der Waals surface area contributed by atoms with E-state index >= 15 is 0 Å². The van der Waals surface area contributed by atoms with E-state index in [2.05, 4.69) is 6.58 Å². The lowest BCUT2D eigenvalue weighted by Crippen LogP contribution is -2.45. The summed E-state index contributed by atoms with van der Waals surface area (Å²) in [5.41, 5.74) is -1.37. The monoisotopic (exact) mass is 296 g/mol. The Morgan fingerprint density at radius 1 is 1.40 bits per heavy atom. The zero-order valence-corrected chi connectivity index (χ0v) is 12.0. The van der Waals surface area contributed by atoms with Crippen LogP contribution >= 0.6 is 11.6 Å². The maximum atomic E-state index is 12.2. The molecular formula is C15H17ClO4. The second-order valence-corrected chi connectivity index (χ2v) is 4.70. The molecule has 4 nitrogen and oxygen atoms in total. The molecule has 0 aliphatic carbocycles. The number of halogens is 1. The lowest BCUT2D eigenvalue weighted by molar-refractivity contribution is -0.162. The van der Waals surface area contributed by atoms with Gasteiger partial charge in [-0.15, -0.1) is 6.58 Å². The molecule has 0 aromatic heterocycles. The van der Waals surface area contributed by atoms with Crippen LogP contribution in [0.1, 0.15) is 25.3 Å². The fraction of sp³-hybridized carbons (Fsp3) is 0.333. The largest absolute Gasteiger partial charge is 0.480 e. The Bertz CT molecular complexity index is 495. The molecular weight excluding hydrogens is 280 g/mol. The molecule has 5 heteroatoms. The summed E-state index contributed by atoms with van der Waals surface area (Å²) in [5.74, 6) is -2.00. The number of carboxylic acids is 1. The molecule has 0 saturated carbocycles. The number of carboxylic acid groups (broad SMARTS) is 1. The minimum atomic E-state index is -1.73. The number of hydrogen-bond donors (Lipinski definition) is 1. The van der Waals surface area contributed by atoms with Crippen LogP contribution in [0.15, 0.2) is 36.9 Å². The van der Waals surface area contributed by atoms with Gasteiger partial charge >= 0.3 is 11.9 Å². The summed E-state index contributed by atoms with van der Waals surface area (Å²) in [7, 11) is 0. The van der Waals surface area contributed by atoms with E-state index in [-0.39, 0.29) is 13.0 Å². The van der Waals surface area contributed by atoms with E-state index in [4.69, 9.17) is 16.3 Å². The zero-order valence-electron chi connectivity index (χ0n) is 11.3. The molecule has 1 rings (SSSR count). The third-order valence-corrected chi connectivity index (χ3v) is 3.30. The molecule has 0 aliphatic rings. The Hall–Kier alpha value is -1.81. The summed E-state index contributed by atoms with van der Waals surface area (Å²) in [4.78, 5) is 24.0. The van der Waals surface area contributed by atoms with E-state index in [1.54, 1.807) is 25.1 Å². The first-order valence-corrected chi connectivity index (χ1v) is 6.64. The SMILES string of the molecule is C=CCCC(C(=O)O)(C(=O)OCC)c1ccc(Cl)cc1. The number of hydrogen-bond acceptors (Lipinski definition) is 3. The molecule has 1 atom stereocenters. The first-order chi connectivity index (χ1) is 9.48. The topological polar surface area (TPSA) is 63.6 Å². The van der Waals surface area contributed by atoms with Gasteiger partial charge < -0.3 is 9.84 Å². The van der Waals surface area contributed by atoms with Crippen molar-refractivity contribution in [3.8, 4) is 0 Å². The Kier molecular flexibility index (Phi) is 5.77. The number of carbonyl (C=O) groups excluding carboxylic acids is 1. The molecule has 0 amide bonds. The van der Waals surface area contributed by atoms with Crippen molar-refractivity contribution in [2.45, 2.75) is 25.2 Å². The van der Waals surface area contributed by atoms with Crippen molar-refractivity contribution in [1.82, 2.24) is 0 Å². The van der Waals surface area contributed by atoms with Crippen LogP contribution in [-0.2, 0) is 19.7 Å². The Morgan fingerprint density at radius 3 is 2.45 bits per heavy atom. The normalized spacial score (nSPS) is 13.3. The van der Waals surface area contributed by atoms with Crippen molar-refractivity contribution in [3.63, 3.8) is 0 Å². The van der Waals surface area contributed by atoms with Crippen LogP contribution in [0.3, 0.4) is 0 Å². The fourth-order valence-electron chi connectivity index (χ4n) is 1.99. The van der Waals surface area contributed by atoms with E-state index in [0.29, 0.717) is 17.0 Å². The molecule has 0 saturated heterocycles. The van der Waals surface area contributed by atoms with Crippen molar-refractivity contribution >= 4 is 23.5 Å². The zero-order chi connectivity index (χ0) is 15.2. The van der Waals surface area contributed by atoms with Crippen LogP contribution in [0.2, 0.25) is 5.02 Å². The quantitative estimate of drug-likeness (QED) is 0.477. The Balaban J connectivity index is 3.35. The van der Waals surface area contributed by atoms with Crippen LogP contribution in [0.5, 0.6) is 0 Å². The molecule has 20 heavy (non-hydrogen) atoms. The number of benzene rings is 1. The predicted octanol–water partition coefficient (Wildman–Crippen LogP) is 3.19. The highest BCUT2D eigenvalue weighted by atomic mass is 35.5. The molecule has 1 N–H and O–H groups in total. The van der Waals surface area contributed by atoms with Gasteiger partial charge in [0.1, 0.15) is 0 Å². The molecule has 0 aliphatic heterocycles. The minimum Gasteiger partial charge on any atom is -0.480 e. The van der Waals surface area contributed by atoms with Crippen LogP contribution in [-0.4, -0.2) is 23.7 Å². The third kappa shape index (κ3) is 3.20. The van der Waals surface area contributed by atoms with Gasteiger partial charge in [-0.1, -0.05) is 29.8 Å². The van der Waals surface area contributed by atoms with Gasteiger partial charge in [0.2, 0.25) is 0 Å². The summed E-state index contributed by atoms with van der Waals surface area (Å²) < 4.78 is 4.96. The predicted molar refractivity (Wildman–Crippen MR) is 76.8 cm³/mol. The number of esters is 1. The average molecular weight is 297 g/mol. The number of allylic oxidation sites excluding steroid dienone is 1. The summed E-state index contributed by atoms with van der Waals surface area (Å²) in [6.45, 7) is 5.33. The molecule has 1 aromatic carbocycles. The number of carbonyl (C=O) groups is 2. The molecule has 0 bridgehead atoms. The number of ether oxygens (including phenoxy) is 1. The maximum Gasteiger partial charge on any atom is 0.328 e. The van der Waals surface area contributed by atoms with Gasteiger partial charge in [-0.25, -0.2) is 0 Å². The molecule has 0 fully saturated rings. The van der Waals surface area contributed by atoms with Crippen LogP contribution in [0, 0.1) is 0 Å². The van der Waals surface area contributed by atoms with E-state index in [1.165, 1.54) is 12.1 Å². The lowest BCUT2D eigenvalue weighted by Gasteiger charge is -2.27. The highest BCUT2D eigenvalue weighted by molar-refractivity contribution is 6.30. The van der Waals surface area contributed by atoms with Gasteiger partial charge in [-0.3, -0.25) is 9.59 Å². The van der Waals surface area contributed by atoms with Gasteiger partial charge in [-0.2, -0.15) is 0 Å². The second kappa shape index (κ2) is 7.10. The summed E-state index contributed by atoms with van der Waals surface area (Å²) >= 11 is 5.81. The van der Waals surface area contributed by atoms with Crippen molar-refractivity contribution in [2.24, 2.45) is 0 Å². The average Bonchev–Trinajstić information content (AvgIpc) is 2.41. The maximum absolute atomic E-state index is 12.2. The standard InChI is InChI=1S/C15H17ClO4/c1-3-5-10-15(13(17)18,14(19)20-4-2)11-6-8-12(16)9-7-11/h3,6-9H,1,4-5,10H2,2H3,(H,17,18). The van der Waals surface area contributed by atoms with E-state index < -0.39 is 17.4 Å². The van der Waals surface area contributed by atoms with Gasteiger partial charge in [0.15, 0.2) is 5.41 Å². The van der Waals surface area contributed by atoms with Crippen LogP contribution < -0.4 is 0 Å². The smallest absolute Gasteiger partial charge is 0.328 e. The summed E-state index contributed by atoms with van der Waals surface area (Å²) in [5, 5.41) is 10.1. The second-order valence-electron chi connectivity index (χ2n) is 4.27. The Labute approximate surface area is 123 Å². The first-order valence-electron chi connectivity index (χ1n) is 6.26. The van der Waals surface area contributed by atoms with Crippen molar-refractivity contribution in [2.75, 3.05) is 6.61 Å². The van der Waals surface area contributed by atoms with E-state index in [9.17, 15) is 14.7 Å². The molecule has 0 heterocycles. The molecule has 1 unspecified atom stereocenters. The van der Waals surface area contributed by atoms with Gasteiger partial charge in [-0.05, 0) is 37.5 Å². The van der Waals surface area contributed by atoms with E-state index in [0.717, 1.165) is 0 Å². The van der Waals surface area contributed by atoms with Crippen molar-refractivity contribution in [3.05, 3.63) is 47.5 Å². The van der Waals surface area contributed by atoms with Crippen LogP contribution in [0.25, 0.3) is 0 Å². The van der Waals surface area contributed by atoms with Gasteiger partial charge in [0, 0.05) is 5.02 Å².